The van der Waals surface area contributed by atoms with E-state index >= 15 is 0 Å². The molecule has 1 amide bonds. The van der Waals surface area contributed by atoms with Crippen molar-refractivity contribution in [1.29, 1.82) is 5.41 Å². The maximum absolute atomic E-state index is 12.5. The molecule has 0 atom stereocenters. The molecule has 144 valence electrons. The SMILES string of the molecule is CN1CCN(C(=O)c2ccc(C#CCNc3ccc(C(=N)N)cc3)cc2)CC1. The molecule has 0 aliphatic carbocycles. The Morgan fingerprint density at radius 2 is 1.64 bits per heavy atom. The molecule has 28 heavy (non-hydrogen) atoms. The van der Waals surface area contributed by atoms with Crippen molar-refractivity contribution in [2.45, 2.75) is 0 Å². The van der Waals surface area contributed by atoms with Crippen molar-refractivity contribution in [2.75, 3.05) is 45.1 Å². The first-order valence-corrected chi connectivity index (χ1v) is 9.28. The Balaban J connectivity index is 1.52. The summed E-state index contributed by atoms with van der Waals surface area (Å²) in [6, 6.07) is 14.8. The van der Waals surface area contributed by atoms with Gasteiger partial charge in [0, 0.05) is 48.6 Å². The summed E-state index contributed by atoms with van der Waals surface area (Å²) < 4.78 is 0. The Kier molecular flexibility index (Phi) is 6.30. The quantitative estimate of drug-likeness (QED) is 0.432. The molecular weight excluding hydrogens is 350 g/mol. The molecule has 1 saturated heterocycles. The normalized spacial score (nSPS) is 14.1. The predicted octanol–water partition coefficient (Wildman–Crippen LogP) is 1.82. The van der Waals surface area contributed by atoms with Crippen LogP contribution in [0.5, 0.6) is 0 Å². The number of nitrogens with one attached hydrogen (secondary N) is 2. The summed E-state index contributed by atoms with van der Waals surface area (Å²) in [6.07, 6.45) is 0. The highest BCUT2D eigenvalue weighted by Crippen LogP contribution is 2.10. The van der Waals surface area contributed by atoms with Crippen LogP contribution in [0.1, 0.15) is 21.5 Å². The highest BCUT2D eigenvalue weighted by atomic mass is 16.2. The van der Waals surface area contributed by atoms with E-state index in [4.69, 9.17) is 11.1 Å². The molecule has 6 heteroatoms. The maximum Gasteiger partial charge on any atom is 0.253 e. The lowest BCUT2D eigenvalue weighted by Crippen LogP contribution is -2.47. The summed E-state index contributed by atoms with van der Waals surface area (Å²) in [6.45, 7) is 3.88. The van der Waals surface area contributed by atoms with Crippen molar-refractivity contribution in [2.24, 2.45) is 5.73 Å². The van der Waals surface area contributed by atoms with Gasteiger partial charge in [-0.3, -0.25) is 10.2 Å². The molecule has 6 nitrogen and oxygen atoms in total. The molecule has 0 saturated carbocycles. The number of nitrogens with zero attached hydrogens (tertiary/aromatic N) is 2. The van der Waals surface area contributed by atoms with Crippen molar-refractivity contribution in [1.82, 2.24) is 9.80 Å². The summed E-state index contributed by atoms with van der Waals surface area (Å²) in [4.78, 5) is 16.7. The van der Waals surface area contributed by atoms with Gasteiger partial charge in [0.1, 0.15) is 5.84 Å². The molecule has 0 unspecified atom stereocenters. The highest BCUT2D eigenvalue weighted by Gasteiger charge is 2.19. The molecule has 2 aromatic carbocycles. The lowest BCUT2D eigenvalue weighted by atomic mass is 10.1. The molecule has 3 rings (SSSR count). The third-order valence-electron chi connectivity index (χ3n) is 4.73. The van der Waals surface area contributed by atoms with Gasteiger partial charge < -0.3 is 20.9 Å². The van der Waals surface area contributed by atoms with Crippen LogP contribution in [0.25, 0.3) is 0 Å². The molecule has 4 N–H and O–H groups in total. The largest absolute Gasteiger partial charge is 0.384 e. The Morgan fingerprint density at radius 3 is 2.25 bits per heavy atom. The Bertz CT molecular complexity index is 885. The number of amidine groups is 1. The number of likely N-dealkylation sites (N-methyl/N-ethyl adjacent to an activating group) is 1. The van der Waals surface area contributed by atoms with Crippen LogP contribution in [0.4, 0.5) is 5.69 Å². The lowest BCUT2D eigenvalue weighted by Gasteiger charge is -2.32. The zero-order valence-electron chi connectivity index (χ0n) is 16.0. The van der Waals surface area contributed by atoms with E-state index < -0.39 is 0 Å². The van der Waals surface area contributed by atoms with Gasteiger partial charge in [-0.25, -0.2) is 0 Å². The minimum Gasteiger partial charge on any atom is -0.384 e. The number of nitrogen functional groups attached to an aromatic ring is 1. The van der Waals surface area contributed by atoms with Crippen molar-refractivity contribution >= 4 is 17.4 Å². The van der Waals surface area contributed by atoms with E-state index in [1.807, 2.05) is 41.3 Å². The second kappa shape index (κ2) is 9.07. The van der Waals surface area contributed by atoms with Gasteiger partial charge in [0.2, 0.25) is 0 Å². The smallest absolute Gasteiger partial charge is 0.253 e. The number of nitrogens with two attached hydrogens (primary N) is 1. The molecule has 1 aliphatic heterocycles. The minimum absolute atomic E-state index is 0.0564. The Morgan fingerprint density at radius 1 is 1.04 bits per heavy atom. The van der Waals surface area contributed by atoms with Crippen LogP contribution in [-0.4, -0.2) is 61.3 Å². The van der Waals surface area contributed by atoms with E-state index in [1.165, 1.54) is 0 Å². The van der Waals surface area contributed by atoms with Gasteiger partial charge in [-0.1, -0.05) is 11.8 Å². The van der Waals surface area contributed by atoms with E-state index in [9.17, 15) is 4.79 Å². The molecule has 1 aliphatic rings. The molecular formula is C22H25N5O. The zero-order valence-corrected chi connectivity index (χ0v) is 16.0. The van der Waals surface area contributed by atoms with E-state index in [0.717, 1.165) is 37.4 Å². The molecule has 0 aromatic heterocycles. The first-order chi connectivity index (χ1) is 13.5. The number of carbonyl (C=O) groups excluding carboxylic acids is 1. The fourth-order valence-corrected chi connectivity index (χ4v) is 2.95. The number of hydrogen-bond donors (Lipinski definition) is 3. The van der Waals surface area contributed by atoms with Crippen LogP contribution < -0.4 is 11.1 Å². The maximum atomic E-state index is 12.5. The number of rotatable bonds is 4. The number of piperazine rings is 1. The van der Waals surface area contributed by atoms with Crippen molar-refractivity contribution < 1.29 is 4.79 Å². The monoisotopic (exact) mass is 375 g/mol. The number of hydrogen-bond acceptors (Lipinski definition) is 4. The number of anilines is 1. The topological polar surface area (TPSA) is 85.5 Å². The summed E-state index contributed by atoms with van der Waals surface area (Å²) in [5.41, 5.74) is 8.65. The van der Waals surface area contributed by atoms with Crippen LogP contribution in [-0.2, 0) is 0 Å². The highest BCUT2D eigenvalue weighted by molar-refractivity contribution is 5.95. The van der Waals surface area contributed by atoms with Crippen LogP contribution in [0.2, 0.25) is 0 Å². The fraction of sp³-hybridized carbons (Fsp3) is 0.273. The van der Waals surface area contributed by atoms with Crippen molar-refractivity contribution in [3.63, 3.8) is 0 Å². The van der Waals surface area contributed by atoms with Gasteiger partial charge in [-0.05, 0) is 55.6 Å². The zero-order chi connectivity index (χ0) is 19.9. The second-order valence-corrected chi connectivity index (χ2v) is 6.82. The molecule has 0 spiro atoms. The van der Waals surface area contributed by atoms with E-state index in [2.05, 4.69) is 29.1 Å². The van der Waals surface area contributed by atoms with Gasteiger partial charge in [0.25, 0.3) is 5.91 Å². The predicted molar refractivity (Wildman–Crippen MR) is 113 cm³/mol. The first kappa shape index (κ1) is 19.5. The number of carbonyl (C=O) groups is 1. The third-order valence-corrected chi connectivity index (χ3v) is 4.73. The van der Waals surface area contributed by atoms with Crippen molar-refractivity contribution in [3.05, 3.63) is 65.2 Å². The van der Waals surface area contributed by atoms with Crippen LogP contribution in [0, 0.1) is 17.3 Å². The van der Waals surface area contributed by atoms with Gasteiger partial charge >= 0.3 is 0 Å². The molecule has 1 fully saturated rings. The molecule has 0 bridgehead atoms. The Hall–Kier alpha value is -3.30. The van der Waals surface area contributed by atoms with Crippen LogP contribution >= 0.6 is 0 Å². The minimum atomic E-state index is 0.0564. The van der Waals surface area contributed by atoms with E-state index in [1.54, 1.807) is 12.1 Å². The first-order valence-electron chi connectivity index (χ1n) is 9.28. The number of amides is 1. The third kappa shape index (κ3) is 5.12. The average molecular weight is 375 g/mol. The van der Waals surface area contributed by atoms with Gasteiger partial charge in [0.15, 0.2) is 0 Å². The summed E-state index contributed by atoms with van der Waals surface area (Å²) >= 11 is 0. The van der Waals surface area contributed by atoms with Crippen LogP contribution in [0.3, 0.4) is 0 Å². The molecule has 2 aromatic rings. The Labute approximate surface area is 165 Å². The average Bonchev–Trinajstić information content (AvgIpc) is 2.72. The lowest BCUT2D eigenvalue weighted by molar-refractivity contribution is 0.0664. The molecule has 1 heterocycles. The number of benzene rings is 2. The van der Waals surface area contributed by atoms with E-state index in [0.29, 0.717) is 17.7 Å². The van der Waals surface area contributed by atoms with Gasteiger partial charge in [-0.2, -0.15) is 0 Å². The van der Waals surface area contributed by atoms with E-state index in [-0.39, 0.29) is 11.7 Å². The molecule has 0 radical (unpaired) electrons. The van der Waals surface area contributed by atoms with Gasteiger partial charge in [-0.15, -0.1) is 0 Å². The van der Waals surface area contributed by atoms with Crippen molar-refractivity contribution in [3.8, 4) is 11.8 Å². The van der Waals surface area contributed by atoms with Crippen LogP contribution in [0.15, 0.2) is 48.5 Å². The standard InChI is InChI=1S/C22H25N5O/c1-26-13-15-27(16-14-26)22(28)19-6-4-17(5-7-19)3-2-12-25-20-10-8-18(9-11-20)21(23)24/h4-11,25H,12-16H2,1H3,(H3,23,24). The fourth-order valence-electron chi connectivity index (χ4n) is 2.95. The second-order valence-electron chi connectivity index (χ2n) is 6.82. The summed E-state index contributed by atoms with van der Waals surface area (Å²) in [7, 11) is 2.07. The van der Waals surface area contributed by atoms with Gasteiger partial charge in [0.05, 0.1) is 6.54 Å². The summed E-state index contributed by atoms with van der Waals surface area (Å²) in [5.74, 6) is 6.32. The summed E-state index contributed by atoms with van der Waals surface area (Å²) in [5, 5.41) is 10.6.